The summed E-state index contributed by atoms with van der Waals surface area (Å²) in [6, 6.07) is 8.08. The summed E-state index contributed by atoms with van der Waals surface area (Å²) in [5.41, 5.74) is 3.18. The van der Waals surface area contributed by atoms with E-state index in [4.69, 9.17) is 0 Å². The SMILES string of the molecule is O=C(NCC[C@@H]1CN(Cc2ccsc2)Cc2ccnn21)c1cccnc1. The van der Waals surface area contributed by atoms with Gasteiger partial charge in [-0.05, 0) is 47.0 Å². The zero-order valence-electron chi connectivity index (χ0n) is 14.4. The van der Waals surface area contributed by atoms with Crippen LogP contribution < -0.4 is 5.32 Å². The first-order chi connectivity index (χ1) is 12.8. The van der Waals surface area contributed by atoms with Gasteiger partial charge in [-0.1, -0.05) is 0 Å². The zero-order valence-corrected chi connectivity index (χ0v) is 15.2. The number of pyridine rings is 1. The van der Waals surface area contributed by atoms with Gasteiger partial charge in [0.05, 0.1) is 17.3 Å². The van der Waals surface area contributed by atoms with Crippen molar-refractivity contribution in [1.82, 2.24) is 25.0 Å². The first kappa shape index (κ1) is 16.9. The average molecular weight is 367 g/mol. The molecule has 0 bridgehead atoms. The molecule has 1 N–H and O–H groups in total. The molecule has 7 heteroatoms. The van der Waals surface area contributed by atoms with Gasteiger partial charge in [-0.2, -0.15) is 16.4 Å². The number of carbonyl (C=O) groups excluding carboxylic acids is 1. The second-order valence-electron chi connectivity index (χ2n) is 6.51. The largest absolute Gasteiger partial charge is 0.352 e. The Kier molecular flexibility index (Phi) is 5.08. The monoisotopic (exact) mass is 367 g/mol. The van der Waals surface area contributed by atoms with Crippen LogP contribution >= 0.6 is 11.3 Å². The van der Waals surface area contributed by atoms with Gasteiger partial charge < -0.3 is 5.32 Å². The van der Waals surface area contributed by atoms with Crippen molar-refractivity contribution in [3.8, 4) is 0 Å². The highest BCUT2D eigenvalue weighted by molar-refractivity contribution is 7.07. The fourth-order valence-corrected chi connectivity index (χ4v) is 4.05. The molecule has 0 aliphatic carbocycles. The van der Waals surface area contributed by atoms with E-state index in [0.29, 0.717) is 12.1 Å². The van der Waals surface area contributed by atoms with Crippen molar-refractivity contribution in [3.05, 3.63) is 70.4 Å². The first-order valence-electron chi connectivity index (χ1n) is 8.73. The third kappa shape index (κ3) is 3.84. The predicted molar refractivity (Wildman–Crippen MR) is 101 cm³/mol. The molecule has 1 aliphatic heterocycles. The topological polar surface area (TPSA) is 63.1 Å². The predicted octanol–water partition coefficient (Wildman–Crippen LogP) is 2.72. The molecule has 3 aromatic rings. The minimum absolute atomic E-state index is 0.0790. The van der Waals surface area contributed by atoms with Crippen LogP contribution in [0.5, 0.6) is 0 Å². The summed E-state index contributed by atoms with van der Waals surface area (Å²) >= 11 is 1.73. The van der Waals surface area contributed by atoms with Gasteiger partial charge in [0.15, 0.2) is 0 Å². The van der Waals surface area contributed by atoms with Crippen LogP contribution in [0.4, 0.5) is 0 Å². The summed E-state index contributed by atoms with van der Waals surface area (Å²) in [5, 5.41) is 11.8. The van der Waals surface area contributed by atoms with E-state index in [9.17, 15) is 4.79 Å². The summed E-state index contributed by atoms with van der Waals surface area (Å²) in [5.74, 6) is -0.0790. The molecular weight excluding hydrogens is 346 g/mol. The van der Waals surface area contributed by atoms with Gasteiger partial charge in [0.25, 0.3) is 5.91 Å². The van der Waals surface area contributed by atoms with E-state index in [0.717, 1.165) is 26.1 Å². The Balaban J connectivity index is 1.37. The average Bonchev–Trinajstić information content (AvgIpc) is 3.34. The van der Waals surface area contributed by atoms with Crippen LogP contribution in [0.1, 0.15) is 34.1 Å². The fourth-order valence-electron chi connectivity index (χ4n) is 3.39. The van der Waals surface area contributed by atoms with E-state index in [2.05, 4.69) is 47.9 Å². The molecule has 1 amide bonds. The lowest BCUT2D eigenvalue weighted by molar-refractivity contribution is 0.0946. The minimum atomic E-state index is -0.0790. The standard InChI is InChI=1S/C19H21N5OS/c25-19(16-2-1-6-20-10-16)21-7-3-17-12-23(11-15-5-9-26-14-15)13-18-4-8-22-24(17)18/h1-2,4-6,8-10,14,17H,3,7,11-13H2,(H,21,25)/t17-/m1/s1. The Bertz CT molecular complexity index is 846. The number of nitrogens with zero attached hydrogens (tertiary/aromatic N) is 4. The van der Waals surface area contributed by atoms with Crippen LogP contribution in [-0.4, -0.2) is 38.7 Å². The summed E-state index contributed by atoms with van der Waals surface area (Å²) in [4.78, 5) is 18.6. The van der Waals surface area contributed by atoms with Gasteiger partial charge in [0.2, 0.25) is 0 Å². The van der Waals surface area contributed by atoms with Crippen molar-refractivity contribution in [1.29, 1.82) is 0 Å². The highest BCUT2D eigenvalue weighted by Crippen LogP contribution is 2.24. The maximum Gasteiger partial charge on any atom is 0.252 e. The summed E-state index contributed by atoms with van der Waals surface area (Å²) in [6.45, 7) is 3.42. The number of aromatic nitrogens is 3. The Morgan fingerprint density at radius 1 is 1.31 bits per heavy atom. The fraction of sp³-hybridized carbons (Fsp3) is 0.316. The smallest absolute Gasteiger partial charge is 0.252 e. The summed E-state index contributed by atoms with van der Waals surface area (Å²) < 4.78 is 2.11. The van der Waals surface area contributed by atoms with E-state index in [-0.39, 0.29) is 11.9 Å². The number of nitrogens with one attached hydrogen (secondary N) is 1. The minimum Gasteiger partial charge on any atom is -0.352 e. The number of carbonyl (C=O) groups is 1. The number of rotatable bonds is 6. The molecule has 0 saturated heterocycles. The maximum absolute atomic E-state index is 12.2. The van der Waals surface area contributed by atoms with Crippen molar-refractivity contribution >= 4 is 17.2 Å². The van der Waals surface area contributed by atoms with Crippen LogP contribution in [0.2, 0.25) is 0 Å². The van der Waals surface area contributed by atoms with Gasteiger partial charge in [-0.3, -0.25) is 19.4 Å². The molecule has 4 heterocycles. The number of fused-ring (bicyclic) bond motifs is 1. The van der Waals surface area contributed by atoms with Gasteiger partial charge in [0.1, 0.15) is 0 Å². The highest BCUT2D eigenvalue weighted by Gasteiger charge is 2.25. The first-order valence-corrected chi connectivity index (χ1v) is 9.68. The van der Waals surface area contributed by atoms with E-state index < -0.39 is 0 Å². The Hall–Kier alpha value is -2.51. The van der Waals surface area contributed by atoms with Crippen molar-refractivity contribution in [2.24, 2.45) is 0 Å². The molecule has 4 rings (SSSR count). The molecule has 1 aliphatic rings. The van der Waals surface area contributed by atoms with Crippen molar-refractivity contribution < 1.29 is 4.79 Å². The third-order valence-corrected chi connectivity index (χ3v) is 5.36. The molecule has 0 radical (unpaired) electrons. The zero-order chi connectivity index (χ0) is 17.8. The lowest BCUT2D eigenvalue weighted by Crippen LogP contribution is -2.38. The van der Waals surface area contributed by atoms with Crippen LogP contribution in [-0.2, 0) is 13.1 Å². The van der Waals surface area contributed by atoms with E-state index in [1.807, 2.05) is 6.20 Å². The second-order valence-corrected chi connectivity index (χ2v) is 7.29. The quantitative estimate of drug-likeness (QED) is 0.728. The van der Waals surface area contributed by atoms with E-state index >= 15 is 0 Å². The second kappa shape index (κ2) is 7.80. The van der Waals surface area contributed by atoms with Crippen molar-refractivity contribution in [2.45, 2.75) is 25.6 Å². The van der Waals surface area contributed by atoms with Crippen molar-refractivity contribution in [3.63, 3.8) is 0 Å². The third-order valence-electron chi connectivity index (χ3n) is 4.63. The Morgan fingerprint density at radius 3 is 3.08 bits per heavy atom. The van der Waals surface area contributed by atoms with Crippen LogP contribution in [0.3, 0.4) is 0 Å². The van der Waals surface area contributed by atoms with Crippen LogP contribution in [0.25, 0.3) is 0 Å². The Morgan fingerprint density at radius 2 is 2.27 bits per heavy atom. The van der Waals surface area contributed by atoms with Gasteiger partial charge in [-0.25, -0.2) is 0 Å². The summed E-state index contributed by atoms with van der Waals surface area (Å²) in [6.07, 6.45) is 5.97. The number of hydrogen-bond acceptors (Lipinski definition) is 5. The number of amides is 1. The van der Waals surface area contributed by atoms with Crippen molar-refractivity contribution in [2.75, 3.05) is 13.1 Å². The molecular formula is C19H21N5OS. The Labute approximate surface area is 156 Å². The molecule has 0 spiro atoms. The maximum atomic E-state index is 12.2. The molecule has 0 saturated carbocycles. The number of hydrogen-bond donors (Lipinski definition) is 1. The normalized spacial score (nSPS) is 17.0. The summed E-state index contributed by atoms with van der Waals surface area (Å²) in [7, 11) is 0. The van der Waals surface area contributed by atoms with E-state index in [1.54, 1.807) is 35.9 Å². The van der Waals surface area contributed by atoms with Crippen LogP contribution in [0.15, 0.2) is 53.6 Å². The highest BCUT2D eigenvalue weighted by atomic mass is 32.1. The lowest BCUT2D eigenvalue weighted by Gasteiger charge is -2.33. The van der Waals surface area contributed by atoms with Crippen LogP contribution in [0, 0.1) is 0 Å². The van der Waals surface area contributed by atoms with Gasteiger partial charge >= 0.3 is 0 Å². The van der Waals surface area contributed by atoms with Gasteiger partial charge in [-0.15, -0.1) is 0 Å². The van der Waals surface area contributed by atoms with Gasteiger partial charge in [0, 0.05) is 44.8 Å². The molecule has 134 valence electrons. The molecule has 0 aromatic carbocycles. The number of thiophene rings is 1. The molecule has 3 aromatic heterocycles. The molecule has 0 fully saturated rings. The molecule has 0 unspecified atom stereocenters. The molecule has 1 atom stereocenters. The van der Waals surface area contributed by atoms with E-state index in [1.165, 1.54) is 11.3 Å². The molecule has 6 nitrogen and oxygen atoms in total. The lowest BCUT2D eigenvalue weighted by atomic mass is 10.1. The molecule has 26 heavy (non-hydrogen) atoms.